The third kappa shape index (κ3) is 3.00. The van der Waals surface area contributed by atoms with Crippen molar-refractivity contribution in [2.45, 2.75) is 26.2 Å². The number of benzene rings is 1. The van der Waals surface area contributed by atoms with Crippen LogP contribution in [0.15, 0.2) is 18.2 Å². The highest BCUT2D eigenvalue weighted by atomic mass is 19.1. The van der Waals surface area contributed by atoms with Gasteiger partial charge in [-0.25, -0.2) is 4.39 Å². The molecule has 0 atom stereocenters. The van der Waals surface area contributed by atoms with Gasteiger partial charge in [-0.15, -0.1) is 0 Å². The van der Waals surface area contributed by atoms with Gasteiger partial charge in [0, 0.05) is 18.8 Å². The van der Waals surface area contributed by atoms with Gasteiger partial charge >= 0.3 is 0 Å². The number of hydrogen-bond donors (Lipinski definition) is 1. The standard InChI is InChI=1S/C14H19FN2O/c1-2-7-17(9-10-3-4-10)14(18)12-6-5-11(15)8-13(12)16/h5-6,8,10H,2-4,7,9,16H2,1H3. The van der Waals surface area contributed by atoms with E-state index in [1.165, 1.54) is 31.0 Å². The first-order chi connectivity index (χ1) is 8.61. The van der Waals surface area contributed by atoms with Gasteiger partial charge in [0.25, 0.3) is 5.91 Å². The van der Waals surface area contributed by atoms with Crippen molar-refractivity contribution in [1.82, 2.24) is 4.90 Å². The van der Waals surface area contributed by atoms with Gasteiger partial charge < -0.3 is 10.6 Å². The summed E-state index contributed by atoms with van der Waals surface area (Å²) in [5.74, 6) is 0.150. The monoisotopic (exact) mass is 250 g/mol. The number of rotatable bonds is 5. The second-order valence-electron chi connectivity index (χ2n) is 4.93. The molecular formula is C14H19FN2O. The van der Waals surface area contributed by atoms with Gasteiger partial charge in [-0.1, -0.05) is 6.92 Å². The van der Waals surface area contributed by atoms with E-state index in [0.717, 1.165) is 19.5 Å². The van der Waals surface area contributed by atoms with Crippen molar-refractivity contribution in [1.29, 1.82) is 0 Å². The lowest BCUT2D eigenvalue weighted by molar-refractivity contribution is 0.0749. The fourth-order valence-corrected chi connectivity index (χ4v) is 2.06. The van der Waals surface area contributed by atoms with E-state index in [9.17, 15) is 9.18 Å². The molecule has 0 radical (unpaired) electrons. The summed E-state index contributed by atoms with van der Waals surface area (Å²) in [5.41, 5.74) is 6.34. The van der Waals surface area contributed by atoms with Crippen LogP contribution in [0.3, 0.4) is 0 Å². The van der Waals surface area contributed by atoms with Crippen LogP contribution < -0.4 is 5.73 Å². The summed E-state index contributed by atoms with van der Waals surface area (Å²) in [6.07, 6.45) is 3.32. The number of carbonyl (C=O) groups is 1. The molecule has 4 heteroatoms. The average Bonchev–Trinajstić information content (AvgIpc) is 3.11. The van der Waals surface area contributed by atoms with Crippen LogP contribution in [0.25, 0.3) is 0 Å². The fraction of sp³-hybridized carbons (Fsp3) is 0.500. The van der Waals surface area contributed by atoms with Crippen molar-refractivity contribution < 1.29 is 9.18 Å². The van der Waals surface area contributed by atoms with E-state index < -0.39 is 5.82 Å². The van der Waals surface area contributed by atoms with E-state index in [0.29, 0.717) is 11.5 Å². The first-order valence-corrected chi connectivity index (χ1v) is 6.46. The number of amides is 1. The molecule has 1 fully saturated rings. The molecule has 1 aromatic carbocycles. The van der Waals surface area contributed by atoms with Crippen molar-refractivity contribution in [2.75, 3.05) is 18.8 Å². The number of carbonyl (C=O) groups excluding carboxylic acids is 1. The number of hydrogen-bond acceptors (Lipinski definition) is 2. The molecule has 98 valence electrons. The maximum atomic E-state index is 13.0. The first kappa shape index (κ1) is 12.9. The Hall–Kier alpha value is -1.58. The van der Waals surface area contributed by atoms with Crippen LogP contribution in [0, 0.1) is 11.7 Å². The Bertz CT molecular complexity index is 443. The topological polar surface area (TPSA) is 46.3 Å². The molecule has 0 spiro atoms. The second kappa shape index (κ2) is 5.38. The Labute approximate surface area is 107 Å². The van der Waals surface area contributed by atoms with E-state index in [2.05, 4.69) is 0 Å². The lowest BCUT2D eigenvalue weighted by atomic mass is 10.1. The SMILES string of the molecule is CCCN(CC1CC1)C(=O)c1ccc(F)cc1N. The minimum atomic E-state index is -0.409. The van der Waals surface area contributed by atoms with Crippen molar-refractivity contribution >= 4 is 11.6 Å². The predicted molar refractivity (Wildman–Crippen MR) is 69.7 cm³/mol. The van der Waals surface area contributed by atoms with Crippen LogP contribution in [-0.4, -0.2) is 23.9 Å². The van der Waals surface area contributed by atoms with Crippen LogP contribution in [0.1, 0.15) is 36.5 Å². The molecule has 1 aliphatic rings. The highest BCUT2D eigenvalue weighted by Gasteiger charge is 2.27. The van der Waals surface area contributed by atoms with E-state index >= 15 is 0 Å². The third-order valence-electron chi connectivity index (χ3n) is 3.20. The summed E-state index contributed by atoms with van der Waals surface area (Å²) in [4.78, 5) is 14.2. The largest absolute Gasteiger partial charge is 0.398 e. The highest BCUT2D eigenvalue weighted by molar-refractivity contribution is 5.99. The van der Waals surface area contributed by atoms with Gasteiger partial charge in [0.05, 0.1) is 5.56 Å². The summed E-state index contributed by atoms with van der Waals surface area (Å²) >= 11 is 0. The smallest absolute Gasteiger partial charge is 0.255 e. The quantitative estimate of drug-likeness (QED) is 0.817. The molecule has 0 unspecified atom stereocenters. The van der Waals surface area contributed by atoms with E-state index in [4.69, 9.17) is 5.73 Å². The minimum absolute atomic E-state index is 0.0822. The van der Waals surface area contributed by atoms with Gasteiger partial charge in [-0.05, 0) is 43.4 Å². The van der Waals surface area contributed by atoms with Gasteiger partial charge in [0.2, 0.25) is 0 Å². The summed E-state index contributed by atoms with van der Waals surface area (Å²) in [5, 5.41) is 0. The molecule has 1 amide bonds. The van der Waals surface area contributed by atoms with Crippen LogP contribution in [0.4, 0.5) is 10.1 Å². The summed E-state index contributed by atoms with van der Waals surface area (Å²) in [6.45, 7) is 3.57. The number of anilines is 1. The molecule has 1 aromatic rings. The molecule has 1 saturated carbocycles. The second-order valence-corrected chi connectivity index (χ2v) is 4.93. The molecule has 1 aliphatic carbocycles. The number of nitrogens with zero attached hydrogens (tertiary/aromatic N) is 1. The molecule has 18 heavy (non-hydrogen) atoms. The van der Waals surface area contributed by atoms with Gasteiger partial charge in [0.1, 0.15) is 5.82 Å². The van der Waals surface area contributed by atoms with Crippen LogP contribution in [-0.2, 0) is 0 Å². The zero-order valence-electron chi connectivity index (χ0n) is 10.7. The van der Waals surface area contributed by atoms with Gasteiger partial charge in [0.15, 0.2) is 0 Å². The molecule has 0 bridgehead atoms. The zero-order chi connectivity index (χ0) is 13.1. The Morgan fingerprint density at radius 1 is 1.50 bits per heavy atom. The normalized spacial score (nSPS) is 14.6. The maximum Gasteiger partial charge on any atom is 0.255 e. The van der Waals surface area contributed by atoms with Crippen LogP contribution in [0.2, 0.25) is 0 Å². The first-order valence-electron chi connectivity index (χ1n) is 6.46. The Morgan fingerprint density at radius 2 is 2.22 bits per heavy atom. The van der Waals surface area contributed by atoms with Gasteiger partial charge in [-0.2, -0.15) is 0 Å². The lowest BCUT2D eigenvalue weighted by Gasteiger charge is -2.22. The van der Waals surface area contributed by atoms with Crippen molar-refractivity contribution in [3.05, 3.63) is 29.6 Å². The molecular weight excluding hydrogens is 231 g/mol. The fourth-order valence-electron chi connectivity index (χ4n) is 2.06. The van der Waals surface area contributed by atoms with Crippen molar-refractivity contribution in [3.8, 4) is 0 Å². The maximum absolute atomic E-state index is 13.0. The number of nitrogen functional groups attached to an aromatic ring is 1. The third-order valence-corrected chi connectivity index (χ3v) is 3.20. The molecule has 0 saturated heterocycles. The van der Waals surface area contributed by atoms with E-state index in [1.807, 2.05) is 11.8 Å². The lowest BCUT2D eigenvalue weighted by Crippen LogP contribution is -2.34. The summed E-state index contributed by atoms with van der Waals surface area (Å²) < 4.78 is 13.0. The number of halogens is 1. The Morgan fingerprint density at radius 3 is 2.78 bits per heavy atom. The molecule has 2 N–H and O–H groups in total. The Kier molecular flexibility index (Phi) is 3.84. The zero-order valence-corrected chi connectivity index (χ0v) is 10.7. The van der Waals surface area contributed by atoms with Crippen molar-refractivity contribution in [3.63, 3.8) is 0 Å². The van der Waals surface area contributed by atoms with Crippen LogP contribution in [0.5, 0.6) is 0 Å². The van der Waals surface area contributed by atoms with Gasteiger partial charge in [-0.3, -0.25) is 4.79 Å². The molecule has 0 aromatic heterocycles. The van der Waals surface area contributed by atoms with E-state index in [-0.39, 0.29) is 11.6 Å². The summed E-state index contributed by atoms with van der Waals surface area (Å²) in [6, 6.07) is 3.96. The average molecular weight is 250 g/mol. The minimum Gasteiger partial charge on any atom is -0.398 e. The van der Waals surface area contributed by atoms with Crippen LogP contribution >= 0.6 is 0 Å². The predicted octanol–water partition coefficient (Wildman–Crippen LogP) is 2.67. The molecule has 0 aliphatic heterocycles. The molecule has 2 rings (SSSR count). The Balaban J connectivity index is 2.15. The van der Waals surface area contributed by atoms with Crippen molar-refractivity contribution in [2.24, 2.45) is 5.92 Å². The molecule has 0 heterocycles. The summed E-state index contributed by atoms with van der Waals surface area (Å²) in [7, 11) is 0. The highest BCUT2D eigenvalue weighted by Crippen LogP contribution is 2.30. The van der Waals surface area contributed by atoms with E-state index in [1.54, 1.807) is 0 Å². The number of nitrogens with two attached hydrogens (primary N) is 1. The molecule has 3 nitrogen and oxygen atoms in total.